The number of benzene rings is 1. The molecule has 2 fully saturated rings. The Morgan fingerprint density at radius 1 is 1.13 bits per heavy atom. The smallest absolute Gasteiger partial charge is 0.245 e. The van der Waals surface area contributed by atoms with Gasteiger partial charge in [-0.25, -0.2) is 8.42 Å². The van der Waals surface area contributed by atoms with Crippen molar-refractivity contribution < 1.29 is 22.7 Å². The average molecular weight is 578 g/mol. The third kappa shape index (κ3) is 7.82. The third-order valence-electron chi connectivity index (χ3n) is 8.14. The normalized spacial score (nSPS) is 23.1. The number of rotatable bonds is 13. The lowest BCUT2D eigenvalue weighted by Crippen LogP contribution is -2.39. The molecule has 4 rings (SSSR count). The van der Waals surface area contributed by atoms with Crippen molar-refractivity contribution in [3.05, 3.63) is 46.7 Å². The fraction of sp³-hybridized carbons (Fsp3) is 0.621. The van der Waals surface area contributed by atoms with E-state index in [1.54, 1.807) is 31.4 Å². The first-order chi connectivity index (χ1) is 18.8. The molecule has 8 nitrogen and oxygen atoms in total. The molecule has 1 aromatic heterocycles. The van der Waals surface area contributed by atoms with Crippen molar-refractivity contribution in [1.29, 1.82) is 0 Å². The minimum atomic E-state index is -3.62. The molecule has 2 atom stereocenters. The molecule has 2 aromatic rings. The van der Waals surface area contributed by atoms with Crippen LogP contribution in [0.15, 0.2) is 46.7 Å². The van der Waals surface area contributed by atoms with E-state index < -0.39 is 10.0 Å². The number of ether oxygens (including phenoxy) is 2. The van der Waals surface area contributed by atoms with Crippen molar-refractivity contribution in [3.8, 4) is 5.75 Å². The number of nitrogens with one attached hydrogen (secondary N) is 1. The fourth-order valence-corrected chi connectivity index (χ4v) is 8.78. The van der Waals surface area contributed by atoms with Crippen LogP contribution in [0.25, 0.3) is 0 Å². The lowest BCUT2D eigenvalue weighted by Gasteiger charge is -2.37. The lowest BCUT2D eigenvalue weighted by atomic mass is 9.76. The summed E-state index contributed by atoms with van der Waals surface area (Å²) in [6.07, 6.45) is 7.33. The van der Waals surface area contributed by atoms with E-state index >= 15 is 0 Å². The summed E-state index contributed by atoms with van der Waals surface area (Å²) in [6, 6.07) is 11.0. The molecule has 0 radical (unpaired) electrons. The second-order valence-electron chi connectivity index (χ2n) is 10.9. The van der Waals surface area contributed by atoms with E-state index in [0.717, 1.165) is 19.3 Å². The molecule has 1 aromatic carbocycles. The molecular weight excluding hydrogens is 534 g/mol. The molecule has 1 saturated carbocycles. The van der Waals surface area contributed by atoms with Gasteiger partial charge < -0.3 is 19.7 Å². The average Bonchev–Trinajstić information content (AvgIpc) is 3.63. The lowest BCUT2D eigenvalue weighted by molar-refractivity contribution is -0.126. The first kappa shape index (κ1) is 30.0. The second kappa shape index (κ2) is 14.1. The number of thiophene rings is 1. The summed E-state index contributed by atoms with van der Waals surface area (Å²) in [6.45, 7) is 1.27. The molecule has 10 heteroatoms. The highest BCUT2D eigenvalue weighted by Gasteiger charge is 2.35. The van der Waals surface area contributed by atoms with Gasteiger partial charge in [-0.2, -0.15) is 4.31 Å². The minimum absolute atomic E-state index is 0.0506. The van der Waals surface area contributed by atoms with Gasteiger partial charge >= 0.3 is 0 Å². The summed E-state index contributed by atoms with van der Waals surface area (Å²) in [5.74, 6) is 1.79. The molecule has 1 aliphatic carbocycles. The maximum atomic E-state index is 13.1. The summed E-state index contributed by atoms with van der Waals surface area (Å²) >= 11 is 1.85. The molecule has 1 saturated heterocycles. The van der Waals surface area contributed by atoms with E-state index in [1.165, 1.54) is 34.9 Å². The van der Waals surface area contributed by atoms with Gasteiger partial charge in [-0.05, 0) is 93.7 Å². The Morgan fingerprint density at radius 3 is 2.51 bits per heavy atom. The highest BCUT2D eigenvalue weighted by molar-refractivity contribution is 7.89. The Bertz CT molecular complexity index is 1130. The van der Waals surface area contributed by atoms with Gasteiger partial charge in [0.25, 0.3) is 0 Å². The van der Waals surface area contributed by atoms with Crippen LogP contribution in [0.2, 0.25) is 0 Å². The van der Waals surface area contributed by atoms with Crippen molar-refractivity contribution in [2.45, 2.75) is 61.9 Å². The molecule has 1 amide bonds. The standard InChI is InChI=1S/C29H43N3O5S2/c1-31(2)29(27-7-5-19-38-27)23-10-8-22(9-11-23)16-17-30-28(33)21-37-20-24-6-4-18-32(24)39(34,35)26-14-12-25(36-3)13-15-26/h5,7,12-15,19,22-24,29H,4,6,8-11,16-18,20-21H2,1-3H3,(H,30,33). The summed E-state index contributed by atoms with van der Waals surface area (Å²) in [7, 11) is 2.28. The van der Waals surface area contributed by atoms with Crippen molar-refractivity contribution in [1.82, 2.24) is 14.5 Å². The van der Waals surface area contributed by atoms with E-state index in [-0.39, 0.29) is 30.1 Å². The van der Waals surface area contributed by atoms with E-state index in [1.807, 2.05) is 11.3 Å². The van der Waals surface area contributed by atoms with E-state index in [9.17, 15) is 13.2 Å². The number of amides is 1. The maximum Gasteiger partial charge on any atom is 0.245 e. The topological polar surface area (TPSA) is 88.2 Å². The Kier molecular flexibility index (Phi) is 10.8. The first-order valence-corrected chi connectivity index (χ1v) is 16.3. The molecule has 0 spiro atoms. The maximum absolute atomic E-state index is 13.1. The third-order valence-corrected chi connectivity index (χ3v) is 11.0. The second-order valence-corrected chi connectivity index (χ2v) is 13.8. The number of carbonyl (C=O) groups excluding carboxylic acids is 1. The summed E-state index contributed by atoms with van der Waals surface area (Å²) in [5.41, 5.74) is 0. The summed E-state index contributed by atoms with van der Waals surface area (Å²) in [4.78, 5) is 16.4. The number of methoxy groups -OCH3 is 1. The van der Waals surface area contributed by atoms with Gasteiger partial charge in [-0.15, -0.1) is 11.3 Å². The number of nitrogens with zero attached hydrogens (tertiary/aromatic N) is 2. The number of hydrogen-bond acceptors (Lipinski definition) is 7. The van der Waals surface area contributed by atoms with Crippen LogP contribution < -0.4 is 10.1 Å². The molecule has 39 heavy (non-hydrogen) atoms. The van der Waals surface area contributed by atoms with Crippen LogP contribution in [0.5, 0.6) is 5.75 Å². The van der Waals surface area contributed by atoms with Gasteiger partial charge in [0, 0.05) is 30.1 Å². The van der Waals surface area contributed by atoms with E-state index in [4.69, 9.17) is 9.47 Å². The van der Waals surface area contributed by atoms with Gasteiger partial charge in [0.05, 0.1) is 18.6 Å². The largest absolute Gasteiger partial charge is 0.497 e. The Balaban J connectivity index is 1.14. The van der Waals surface area contributed by atoms with Gasteiger partial charge in [-0.1, -0.05) is 18.9 Å². The van der Waals surface area contributed by atoms with Crippen molar-refractivity contribution in [3.63, 3.8) is 0 Å². The van der Waals surface area contributed by atoms with Gasteiger partial charge in [0.15, 0.2) is 0 Å². The predicted molar refractivity (Wildman–Crippen MR) is 155 cm³/mol. The number of sulfonamides is 1. The SMILES string of the molecule is COc1ccc(S(=O)(=O)N2CCCC2COCC(=O)NCCC2CCC(C(c3cccs3)N(C)C)CC2)cc1. The van der Waals surface area contributed by atoms with E-state index in [0.29, 0.717) is 36.7 Å². The first-order valence-electron chi connectivity index (χ1n) is 14.0. The zero-order valence-electron chi connectivity index (χ0n) is 23.4. The Morgan fingerprint density at radius 2 is 1.87 bits per heavy atom. The van der Waals surface area contributed by atoms with Crippen LogP contribution in [-0.2, 0) is 19.6 Å². The van der Waals surface area contributed by atoms with Crippen molar-refractivity contribution >= 4 is 27.3 Å². The van der Waals surface area contributed by atoms with Crippen LogP contribution >= 0.6 is 11.3 Å². The Labute approximate surface area is 237 Å². The van der Waals surface area contributed by atoms with Gasteiger partial charge in [0.2, 0.25) is 15.9 Å². The molecular formula is C29H43N3O5S2. The Hall–Kier alpha value is -1.98. The molecule has 2 aliphatic rings. The highest BCUT2D eigenvalue weighted by atomic mass is 32.2. The molecule has 1 N–H and O–H groups in total. The van der Waals surface area contributed by atoms with Crippen LogP contribution in [0, 0.1) is 11.8 Å². The molecule has 1 aliphatic heterocycles. The highest BCUT2D eigenvalue weighted by Crippen LogP contribution is 2.41. The zero-order valence-corrected chi connectivity index (χ0v) is 25.0. The van der Waals surface area contributed by atoms with Crippen molar-refractivity contribution in [2.75, 3.05) is 47.5 Å². The summed E-state index contributed by atoms with van der Waals surface area (Å²) in [5, 5.41) is 5.16. The monoisotopic (exact) mass is 577 g/mol. The summed E-state index contributed by atoms with van der Waals surface area (Å²) < 4.78 is 38.6. The molecule has 216 valence electrons. The van der Waals surface area contributed by atoms with Crippen LogP contribution in [0.4, 0.5) is 0 Å². The number of hydrogen-bond donors (Lipinski definition) is 1. The van der Waals surface area contributed by atoms with Crippen LogP contribution in [-0.4, -0.2) is 77.1 Å². The zero-order chi connectivity index (χ0) is 27.8. The molecule has 0 bridgehead atoms. The predicted octanol–water partition coefficient (Wildman–Crippen LogP) is 4.54. The van der Waals surface area contributed by atoms with E-state index in [2.05, 4.69) is 41.8 Å². The van der Waals surface area contributed by atoms with Gasteiger partial charge in [-0.3, -0.25) is 4.79 Å². The van der Waals surface area contributed by atoms with Crippen LogP contribution in [0.3, 0.4) is 0 Å². The van der Waals surface area contributed by atoms with Crippen molar-refractivity contribution in [2.24, 2.45) is 11.8 Å². The minimum Gasteiger partial charge on any atom is -0.497 e. The number of carbonyl (C=O) groups is 1. The molecule has 2 unspecified atom stereocenters. The quantitative estimate of drug-likeness (QED) is 0.376. The van der Waals surface area contributed by atoms with Gasteiger partial charge in [0.1, 0.15) is 12.4 Å². The molecule has 2 heterocycles. The fourth-order valence-electron chi connectivity index (χ4n) is 6.09. The van der Waals surface area contributed by atoms with Crippen LogP contribution in [0.1, 0.15) is 55.9 Å².